The van der Waals surface area contributed by atoms with Crippen molar-refractivity contribution < 1.29 is 14.4 Å². The fourth-order valence-corrected chi connectivity index (χ4v) is 5.99. The van der Waals surface area contributed by atoms with Gasteiger partial charge in [0.2, 0.25) is 17.7 Å². The van der Waals surface area contributed by atoms with Gasteiger partial charge < -0.3 is 15.1 Å². The van der Waals surface area contributed by atoms with Crippen molar-refractivity contribution in [3.8, 4) is 5.69 Å². The van der Waals surface area contributed by atoms with Gasteiger partial charge in [0, 0.05) is 31.2 Å². The van der Waals surface area contributed by atoms with Gasteiger partial charge in [-0.1, -0.05) is 46.1 Å². The molecule has 40 heavy (non-hydrogen) atoms. The second-order valence-electron chi connectivity index (χ2n) is 10.4. The first-order valence-electron chi connectivity index (χ1n) is 13.1. The lowest BCUT2D eigenvalue weighted by molar-refractivity contribution is -0.142. The van der Waals surface area contributed by atoms with E-state index in [0.717, 1.165) is 16.8 Å². The third-order valence-electron chi connectivity index (χ3n) is 7.42. The number of halogens is 3. The van der Waals surface area contributed by atoms with Gasteiger partial charge in [0.1, 0.15) is 11.6 Å². The SMILES string of the molecule is Cc1cc(C)cc(N2CCC(C(=O)N3CCC(C(=O)NCc4cn(-c5cc(Cl)c(Cl)cc5Cl)nn4)CC3)C2=O)c1. The van der Waals surface area contributed by atoms with Crippen molar-refractivity contribution in [2.75, 3.05) is 24.5 Å². The number of hydrogen-bond acceptors (Lipinski definition) is 5. The van der Waals surface area contributed by atoms with Crippen LogP contribution in [0.4, 0.5) is 5.69 Å². The molecule has 2 saturated heterocycles. The Labute approximate surface area is 247 Å². The number of aryl methyl sites for hydroxylation is 2. The Balaban J connectivity index is 1.12. The van der Waals surface area contributed by atoms with E-state index < -0.39 is 5.92 Å². The smallest absolute Gasteiger partial charge is 0.239 e. The number of carbonyl (C=O) groups excluding carboxylic acids is 3. The molecule has 1 unspecified atom stereocenters. The van der Waals surface area contributed by atoms with Crippen LogP contribution in [0.1, 0.15) is 36.1 Å². The maximum Gasteiger partial charge on any atom is 0.239 e. The molecule has 1 aromatic heterocycles. The Morgan fingerprint density at radius 2 is 1.60 bits per heavy atom. The van der Waals surface area contributed by atoms with E-state index in [1.165, 1.54) is 10.7 Å². The summed E-state index contributed by atoms with van der Waals surface area (Å²) in [5.41, 5.74) is 4.08. The summed E-state index contributed by atoms with van der Waals surface area (Å²) in [5, 5.41) is 12.1. The van der Waals surface area contributed by atoms with Crippen LogP contribution in [-0.4, -0.2) is 57.2 Å². The predicted molar refractivity (Wildman–Crippen MR) is 154 cm³/mol. The first-order chi connectivity index (χ1) is 19.1. The highest BCUT2D eigenvalue weighted by molar-refractivity contribution is 6.43. The van der Waals surface area contributed by atoms with Crippen LogP contribution in [0.3, 0.4) is 0 Å². The lowest BCUT2D eigenvalue weighted by Crippen LogP contribution is -2.46. The van der Waals surface area contributed by atoms with Crippen molar-refractivity contribution in [2.24, 2.45) is 11.8 Å². The molecule has 3 amide bonds. The zero-order valence-electron chi connectivity index (χ0n) is 22.2. The maximum atomic E-state index is 13.2. The lowest BCUT2D eigenvalue weighted by atomic mass is 9.94. The number of likely N-dealkylation sites (tertiary alicyclic amines) is 1. The largest absolute Gasteiger partial charge is 0.350 e. The summed E-state index contributed by atoms with van der Waals surface area (Å²) >= 11 is 18.3. The van der Waals surface area contributed by atoms with Crippen molar-refractivity contribution in [3.63, 3.8) is 0 Å². The molecule has 9 nitrogen and oxygen atoms in total. The van der Waals surface area contributed by atoms with Crippen LogP contribution in [-0.2, 0) is 20.9 Å². The normalized spacial score (nSPS) is 17.9. The standard InChI is InChI=1S/C28H29Cl3N6O3/c1-16-9-17(2)11-20(10-16)36-8-5-21(28(36)40)27(39)35-6-3-18(4-7-35)26(38)32-14-19-15-37(34-33-19)25-13-23(30)22(29)12-24(25)31/h9-13,15,18,21H,3-8,14H2,1-2H3,(H,32,38). The molecule has 2 aliphatic heterocycles. The summed E-state index contributed by atoms with van der Waals surface area (Å²) in [4.78, 5) is 42.6. The van der Waals surface area contributed by atoms with Crippen LogP contribution < -0.4 is 10.2 Å². The number of anilines is 1. The highest BCUT2D eigenvalue weighted by Gasteiger charge is 2.41. The van der Waals surface area contributed by atoms with E-state index in [1.54, 1.807) is 22.1 Å². The van der Waals surface area contributed by atoms with Crippen LogP contribution >= 0.6 is 34.8 Å². The Kier molecular flexibility index (Phi) is 8.35. The molecule has 2 fully saturated rings. The van der Waals surface area contributed by atoms with E-state index in [9.17, 15) is 14.4 Å². The van der Waals surface area contributed by atoms with Crippen LogP contribution in [0.5, 0.6) is 0 Å². The molecular formula is C28H29Cl3N6O3. The summed E-state index contributed by atoms with van der Waals surface area (Å²) in [6.07, 6.45) is 3.22. The van der Waals surface area contributed by atoms with Crippen molar-refractivity contribution in [3.05, 3.63) is 68.4 Å². The fourth-order valence-electron chi connectivity index (χ4n) is 5.36. The van der Waals surface area contributed by atoms with Crippen molar-refractivity contribution in [1.29, 1.82) is 0 Å². The molecule has 12 heteroatoms. The number of rotatable bonds is 6. The molecule has 0 saturated carbocycles. The second kappa shape index (κ2) is 11.8. The minimum absolute atomic E-state index is 0.104. The van der Waals surface area contributed by atoms with Crippen LogP contribution in [0.2, 0.25) is 15.1 Å². The molecule has 0 bridgehead atoms. The minimum Gasteiger partial charge on any atom is -0.350 e. The van der Waals surface area contributed by atoms with Gasteiger partial charge in [0.15, 0.2) is 0 Å². The molecule has 3 heterocycles. The Morgan fingerprint density at radius 3 is 2.30 bits per heavy atom. The van der Waals surface area contributed by atoms with Gasteiger partial charge in [-0.3, -0.25) is 14.4 Å². The number of nitrogens with one attached hydrogen (secondary N) is 1. The number of benzene rings is 2. The molecular weight excluding hydrogens is 575 g/mol. The highest BCUT2D eigenvalue weighted by Crippen LogP contribution is 2.31. The van der Waals surface area contributed by atoms with Gasteiger partial charge in [0.25, 0.3) is 0 Å². The summed E-state index contributed by atoms with van der Waals surface area (Å²) < 4.78 is 1.47. The fraction of sp³-hybridized carbons (Fsp3) is 0.393. The van der Waals surface area contributed by atoms with Gasteiger partial charge in [0.05, 0.1) is 33.5 Å². The van der Waals surface area contributed by atoms with Crippen molar-refractivity contribution in [2.45, 2.75) is 39.7 Å². The second-order valence-corrected chi connectivity index (χ2v) is 11.6. The predicted octanol–water partition coefficient (Wildman–Crippen LogP) is 4.75. The average molecular weight is 604 g/mol. The first kappa shape index (κ1) is 28.4. The van der Waals surface area contributed by atoms with Crippen LogP contribution in [0.15, 0.2) is 36.5 Å². The molecule has 0 radical (unpaired) electrons. The third kappa shape index (κ3) is 5.96. The molecule has 0 aliphatic carbocycles. The molecule has 2 aliphatic rings. The van der Waals surface area contributed by atoms with E-state index in [2.05, 4.69) is 21.7 Å². The zero-order chi connectivity index (χ0) is 28.6. The van der Waals surface area contributed by atoms with Crippen molar-refractivity contribution >= 4 is 58.2 Å². The van der Waals surface area contributed by atoms with Gasteiger partial charge in [-0.25, -0.2) is 4.68 Å². The van der Waals surface area contributed by atoms with Gasteiger partial charge in [-0.05, 0) is 68.5 Å². The Morgan fingerprint density at radius 1 is 0.925 bits per heavy atom. The number of carbonyl (C=O) groups is 3. The van der Waals surface area contributed by atoms with Crippen LogP contribution in [0.25, 0.3) is 5.69 Å². The van der Waals surface area contributed by atoms with E-state index in [4.69, 9.17) is 34.8 Å². The molecule has 1 atom stereocenters. The summed E-state index contributed by atoms with van der Waals surface area (Å²) in [7, 11) is 0. The van der Waals surface area contributed by atoms with E-state index in [-0.39, 0.29) is 30.2 Å². The number of aromatic nitrogens is 3. The monoisotopic (exact) mass is 602 g/mol. The summed E-state index contributed by atoms with van der Waals surface area (Å²) in [6, 6.07) is 9.14. The Hall–Kier alpha value is -3.14. The molecule has 2 aromatic carbocycles. The zero-order valence-corrected chi connectivity index (χ0v) is 24.4. The topological polar surface area (TPSA) is 100 Å². The van der Waals surface area contributed by atoms with Gasteiger partial charge >= 0.3 is 0 Å². The Bertz CT molecular complexity index is 1450. The summed E-state index contributed by atoms with van der Waals surface area (Å²) in [5.74, 6) is -1.29. The molecule has 5 rings (SSSR count). The maximum absolute atomic E-state index is 13.2. The van der Waals surface area contributed by atoms with Gasteiger partial charge in [-0.15, -0.1) is 5.10 Å². The lowest BCUT2D eigenvalue weighted by Gasteiger charge is -2.32. The quantitative estimate of drug-likeness (QED) is 0.324. The molecule has 0 spiro atoms. The number of hydrogen-bond donors (Lipinski definition) is 1. The highest BCUT2D eigenvalue weighted by atomic mass is 35.5. The van der Waals surface area contributed by atoms with E-state index in [1.807, 2.05) is 26.0 Å². The van der Waals surface area contributed by atoms with E-state index >= 15 is 0 Å². The summed E-state index contributed by atoms with van der Waals surface area (Å²) in [6.45, 7) is 5.60. The number of amides is 3. The number of nitrogens with zero attached hydrogens (tertiary/aromatic N) is 5. The minimum atomic E-state index is -0.669. The third-order valence-corrected chi connectivity index (χ3v) is 8.45. The number of piperidine rings is 1. The first-order valence-corrected chi connectivity index (χ1v) is 14.3. The molecule has 1 N–H and O–H groups in total. The van der Waals surface area contributed by atoms with Crippen LogP contribution in [0, 0.1) is 25.7 Å². The van der Waals surface area contributed by atoms with Crippen molar-refractivity contribution in [1.82, 2.24) is 25.2 Å². The van der Waals surface area contributed by atoms with E-state index in [0.29, 0.717) is 65.3 Å². The average Bonchev–Trinajstić information content (AvgIpc) is 3.55. The molecule has 210 valence electrons. The van der Waals surface area contributed by atoms with Gasteiger partial charge in [-0.2, -0.15) is 0 Å². The molecule has 3 aromatic rings.